The van der Waals surface area contributed by atoms with Crippen molar-refractivity contribution in [3.63, 3.8) is 0 Å². The Bertz CT molecular complexity index is 1760. The number of amides is 2. The predicted molar refractivity (Wildman–Crippen MR) is 201 cm³/mol. The zero-order valence-electron chi connectivity index (χ0n) is 33.0. The molecule has 4 rings (SSSR count). The lowest BCUT2D eigenvalue weighted by molar-refractivity contribution is -0.149. The minimum absolute atomic E-state index is 0.0413. The van der Waals surface area contributed by atoms with Gasteiger partial charge in [-0.1, -0.05) is 31.2 Å². The van der Waals surface area contributed by atoms with Crippen LogP contribution in [0.15, 0.2) is 60.9 Å². The molecule has 2 aromatic carbocycles. The highest BCUT2D eigenvalue weighted by molar-refractivity contribution is 5.91. The second kappa shape index (κ2) is 19.2. The van der Waals surface area contributed by atoms with Crippen molar-refractivity contribution in [3.05, 3.63) is 101 Å². The number of ketones is 1. The van der Waals surface area contributed by atoms with E-state index < -0.39 is 70.7 Å². The van der Waals surface area contributed by atoms with Gasteiger partial charge in [0.1, 0.15) is 41.3 Å². The quantitative estimate of drug-likeness (QED) is 0.130. The number of pyridine rings is 1. The first-order valence-corrected chi connectivity index (χ1v) is 18.7. The number of ether oxygens (including phenoxy) is 4. The van der Waals surface area contributed by atoms with Crippen LogP contribution in [0.5, 0.6) is 0 Å². The second-order valence-electron chi connectivity index (χ2n) is 15.8. The average Bonchev–Trinajstić information content (AvgIpc) is 3.10. The van der Waals surface area contributed by atoms with Crippen molar-refractivity contribution in [3.8, 4) is 0 Å². The first-order chi connectivity index (χ1) is 26.3. The summed E-state index contributed by atoms with van der Waals surface area (Å²) in [5.41, 5.74) is -0.368. The third kappa shape index (κ3) is 13.1. The Hall–Kier alpha value is -4.98. The van der Waals surface area contributed by atoms with Crippen molar-refractivity contribution >= 4 is 23.9 Å². The molecule has 14 heteroatoms. The van der Waals surface area contributed by atoms with E-state index >= 15 is 4.39 Å². The normalized spacial score (nSPS) is 16.6. The van der Waals surface area contributed by atoms with Gasteiger partial charge in [-0.2, -0.15) is 0 Å². The average molecular weight is 784 g/mol. The van der Waals surface area contributed by atoms with Gasteiger partial charge in [0.05, 0.1) is 31.5 Å². The van der Waals surface area contributed by atoms with Crippen molar-refractivity contribution in [2.45, 2.75) is 116 Å². The lowest BCUT2D eigenvalue weighted by Crippen LogP contribution is -2.55. The van der Waals surface area contributed by atoms with Crippen LogP contribution in [-0.4, -0.2) is 83.0 Å². The smallest absolute Gasteiger partial charge is 0.410 e. The Kier molecular flexibility index (Phi) is 15.0. The standard InChI is InChI=1S/C42H52F3N3O8/c1-8-9-36(50)54-25-31-24-53-32(23-48(31)40(52)56-42(5,6)7)18-19-33-28(21-46-22-34(33)45)20-35(49)38(47-39(51)55-41(2,3)4)37(26-10-14-29(43)15-11-26)27-12-16-30(44)17-13-27/h10-17,21-22,31-32,37-38H,8-9,18-20,23-25H2,1-7H3,(H,47,51)/t31-,32+,38+/m0/s1. The number of halogens is 3. The maximum atomic E-state index is 15.6. The van der Waals surface area contributed by atoms with E-state index in [1.807, 2.05) is 6.92 Å². The second-order valence-corrected chi connectivity index (χ2v) is 15.8. The number of esters is 1. The maximum Gasteiger partial charge on any atom is 0.410 e. The van der Waals surface area contributed by atoms with Gasteiger partial charge < -0.3 is 24.3 Å². The topological polar surface area (TPSA) is 133 Å². The summed E-state index contributed by atoms with van der Waals surface area (Å²) in [5.74, 6) is -3.57. The van der Waals surface area contributed by atoms with Crippen LogP contribution >= 0.6 is 0 Å². The lowest BCUT2D eigenvalue weighted by Gasteiger charge is -2.40. The molecule has 0 spiro atoms. The third-order valence-corrected chi connectivity index (χ3v) is 8.87. The largest absolute Gasteiger partial charge is 0.463 e. The van der Waals surface area contributed by atoms with Gasteiger partial charge in [0, 0.05) is 25.0 Å². The van der Waals surface area contributed by atoms with Gasteiger partial charge in [0.2, 0.25) is 0 Å². The van der Waals surface area contributed by atoms with Crippen molar-refractivity contribution in [2.24, 2.45) is 0 Å². The minimum Gasteiger partial charge on any atom is -0.463 e. The van der Waals surface area contributed by atoms with Crippen molar-refractivity contribution in [1.29, 1.82) is 0 Å². The predicted octanol–water partition coefficient (Wildman–Crippen LogP) is 7.62. The molecule has 304 valence electrons. The monoisotopic (exact) mass is 783 g/mol. The van der Waals surface area contributed by atoms with E-state index in [1.54, 1.807) is 41.5 Å². The zero-order chi connectivity index (χ0) is 41.2. The molecule has 0 aliphatic carbocycles. The summed E-state index contributed by atoms with van der Waals surface area (Å²) in [7, 11) is 0. The number of carbonyl (C=O) groups excluding carboxylic acids is 4. The van der Waals surface area contributed by atoms with Crippen molar-refractivity contribution in [2.75, 3.05) is 19.8 Å². The van der Waals surface area contributed by atoms with E-state index in [2.05, 4.69) is 10.3 Å². The highest BCUT2D eigenvalue weighted by atomic mass is 19.1. The number of rotatable bonds is 14. The van der Waals surface area contributed by atoms with Gasteiger partial charge in [-0.15, -0.1) is 0 Å². The molecular formula is C42H52F3N3O8. The molecule has 0 unspecified atom stereocenters. The summed E-state index contributed by atoms with van der Waals surface area (Å²) in [5, 5.41) is 2.68. The highest BCUT2D eigenvalue weighted by Crippen LogP contribution is 2.31. The molecular weight excluding hydrogens is 731 g/mol. The molecule has 0 saturated carbocycles. The van der Waals surface area contributed by atoms with Gasteiger partial charge in [0.25, 0.3) is 0 Å². The van der Waals surface area contributed by atoms with Gasteiger partial charge in [-0.3, -0.25) is 19.5 Å². The number of nitrogens with zero attached hydrogens (tertiary/aromatic N) is 2. The Morgan fingerprint density at radius 1 is 0.893 bits per heavy atom. The molecule has 1 aliphatic heterocycles. The van der Waals surface area contributed by atoms with Crippen LogP contribution in [0.3, 0.4) is 0 Å². The zero-order valence-corrected chi connectivity index (χ0v) is 33.0. The summed E-state index contributed by atoms with van der Waals surface area (Å²) in [6.45, 7) is 12.1. The molecule has 1 N–H and O–H groups in total. The third-order valence-electron chi connectivity index (χ3n) is 8.87. The molecule has 1 aliphatic rings. The number of nitrogens with one attached hydrogen (secondary N) is 1. The van der Waals surface area contributed by atoms with Crippen LogP contribution in [0.4, 0.5) is 22.8 Å². The van der Waals surface area contributed by atoms with Crippen LogP contribution < -0.4 is 5.32 Å². The number of alkyl carbamates (subject to hydrolysis) is 1. The van der Waals surface area contributed by atoms with Gasteiger partial charge in [0.15, 0.2) is 5.78 Å². The van der Waals surface area contributed by atoms with E-state index in [0.717, 1.165) is 6.20 Å². The Labute approximate surface area is 326 Å². The fraction of sp³-hybridized carbons (Fsp3) is 0.500. The summed E-state index contributed by atoms with van der Waals surface area (Å²) in [4.78, 5) is 58.5. The molecule has 11 nitrogen and oxygen atoms in total. The summed E-state index contributed by atoms with van der Waals surface area (Å²) in [6, 6.07) is 8.83. The van der Waals surface area contributed by atoms with E-state index in [0.29, 0.717) is 17.5 Å². The van der Waals surface area contributed by atoms with Crippen LogP contribution in [0.2, 0.25) is 0 Å². The lowest BCUT2D eigenvalue weighted by atomic mass is 9.81. The number of aromatic nitrogens is 1. The number of carbonyl (C=O) groups is 4. The molecule has 0 radical (unpaired) electrons. The highest BCUT2D eigenvalue weighted by Gasteiger charge is 2.37. The van der Waals surface area contributed by atoms with Crippen LogP contribution in [-0.2, 0) is 41.4 Å². The molecule has 1 fully saturated rings. The van der Waals surface area contributed by atoms with E-state index in [-0.39, 0.29) is 62.5 Å². The van der Waals surface area contributed by atoms with Crippen LogP contribution in [0.25, 0.3) is 0 Å². The fourth-order valence-electron chi connectivity index (χ4n) is 6.32. The van der Waals surface area contributed by atoms with Crippen LogP contribution in [0, 0.1) is 17.5 Å². The van der Waals surface area contributed by atoms with Gasteiger partial charge in [-0.25, -0.2) is 22.8 Å². The molecule has 1 aromatic heterocycles. The minimum atomic E-state index is -1.33. The van der Waals surface area contributed by atoms with E-state index in [1.165, 1.54) is 59.6 Å². The van der Waals surface area contributed by atoms with E-state index in [9.17, 15) is 28.0 Å². The molecule has 3 aromatic rings. The number of Topliss-reactive ketones (excluding diaryl/α,β-unsaturated/α-hetero) is 1. The van der Waals surface area contributed by atoms with Crippen LogP contribution in [0.1, 0.15) is 95.9 Å². The Morgan fingerprint density at radius 2 is 1.48 bits per heavy atom. The van der Waals surface area contributed by atoms with Gasteiger partial charge >= 0.3 is 18.2 Å². The SMILES string of the molecule is CCCC(=O)OC[C@@H]1CO[C@H](CCc2c(F)cncc2CC(=O)[C@@H](NC(=O)OC(C)(C)C)C(c2ccc(F)cc2)c2ccc(F)cc2)CN1C(=O)OC(C)(C)C. The molecule has 0 bridgehead atoms. The van der Waals surface area contributed by atoms with Crippen molar-refractivity contribution < 1.29 is 51.3 Å². The first-order valence-electron chi connectivity index (χ1n) is 18.7. The summed E-state index contributed by atoms with van der Waals surface area (Å²) >= 11 is 0. The summed E-state index contributed by atoms with van der Waals surface area (Å²) < 4.78 is 66.4. The number of morpholine rings is 1. The summed E-state index contributed by atoms with van der Waals surface area (Å²) in [6.07, 6.45) is 1.14. The molecule has 1 saturated heterocycles. The maximum absolute atomic E-state index is 15.6. The molecule has 56 heavy (non-hydrogen) atoms. The Morgan fingerprint density at radius 3 is 2.04 bits per heavy atom. The number of hydrogen-bond acceptors (Lipinski definition) is 9. The first kappa shape index (κ1) is 43.7. The number of benzene rings is 2. The number of hydrogen-bond donors (Lipinski definition) is 1. The Balaban J connectivity index is 1.60. The van der Waals surface area contributed by atoms with E-state index in [4.69, 9.17) is 18.9 Å². The fourth-order valence-corrected chi connectivity index (χ4v) is 6.32. The molecule has 2 amide bonds. The van der Waals surface area contributed by atoms with Gasteiger partial charge in [-0.05, 0) is 107 Å². The molecule has 2 heterocycles. The van der Waals surface area contributed by atoms with Crippen molar-refractivity contribution in [1.82, 2.24) is 15.2 Å². The molecule has 3 atom stereocenters.